The van der Waals surface area contributed by atoms with Crippen molar-refractivity contribution in [3.05, 3.63) is 18.3 Å². The Kier molecular flexibility index (Phi) is 4.05. The number of aromatic nitrogens is 1. The molecule has 0 spiro atoms. The molecule has 0 aliphatic heterocycles. The van der Waals surface area contributed by atoms with Gasteiger partial charge in [-0.2, -0.15) is 0 Å². The van der Waals surface area contributed by atoms with Gasteiger partial charge in [0.05, 0.1) is 19.0 Å². The molecule has 1 aromatic heterocycles. The first-order valence-electron chi connectivity index (χ1n) is 4.67. The summed E-state index contributed by atoms with van der Waals surface area (Å²) in [7, 11) is 1.54. The number of anilines is 1. The van der Waals surface area contributed by atoms with Crippen molar-refractivity contribution in [1.82, 2.24) is 4.98 Å². The van der Waals surface area contributed by atoms with Crippen molar-refractivity contribution in [2.24, 2.45) is 5.73 Å². The van der Waals surface area contributed by atoms with Gasteiger partial charge in [0.25, 0.3) is 0 Å². The molecule has 5 heteroatoms. The average molecular weight is 209 g/mol. The maximum Gasteiger partial charge on any atom is 0.225 e. The molecular formula is C10H15N3O2. The first kappa shape index (κ1) is 11.5. The van der Waals surface area contributed by atoms with Gasteiger partial charge in [0.2, 0.25) is 11.8 Å². The second-order valence-corrected chi connectivity index (χ2v) is 3.32. The molecule has 0 fully saturated rings. The number of nitrogens with two attached hydrogens (primary N) is 1. The zero-order valence-corrected chi connectivity index (χ0v) is 8.86. The van der Waals surface area contributed by atoms with E-state index < -0.39 is 0 Å². The number of hydrogen-bond acceptors (Lipinski definition) is 4. The van der Waals surface area contributed by atoms with Crippen LogP contribution in [0.25, 0.3) is 0 Å². The highest BCUT2D eigenvalue weighted by Crippen LogP contribution is 2.11. The van der Waals surface area contributed by atoms with Crippen LogP contribution in [-0.4, -0.2) is 24.0 Å². The Morgan fingerprint density at radius 2 is 2.40 bits per heavy atom. The lowest BCUT2D eigenvalue weighted by atomic mass is 10.2. The Morgan fingerprint density at radius 1 is 1.67 bits per heavy atom. The van der Waals surface area contributed by atoms with Gasteiger partial charge in [-0.05, 0) is 13.0 Å². The molecule has 1 aromatic rings. The summed E-state index contributed by atoms with van der Waals surface area (Å²) in [6, 6.07) is 3.27. The van der Waals surface area contributed by atoms with Crippen LogP contribution in [0.5, 0.6) is 5.88 Å². The number of carbonyl (C=O) groups is 1. The van der Waals surface area contributed by atoms with Crippen LogP contribution < -0.4 is 15.8 Å². The van der Waals surface area contributed by atoms with Crippen molar-refractivity contribution in [2.45, 2.75) is 19.4 Å². The molecule has 82 valence electrons. The quantitative estimate of drug-likeness (QED) is 0.767. The minimum absolute atomic E-state index is 0.114. The summed E-state index contributed by atoms with van der Waals surface area (Å²) < 4.78 is 4.89. The van der Waals surface area contributed by atoms with E-state index >= 15 is 0 Å². The summed E-state index contributed by atoms with van der Waals surface area (Å²) in [6.07, 6.45) is 1.84. The standard InChI is InChI=1S/C10H15N3O2/c1-7(11)5-9(14)13-8-3-4-10(15-2)12-6-8/h3-4,6-7H,5,11H2,1-2H3,(H,13,14). The molecule has 3 N–H and O–H groups in total. The highest BCUT2D eigenvalue weighted by molar-refractivity contribution is 5.90. The zero-order valence-electron chi connectivity index (χ0n) is 8.86. The lowest BCUT2D eigenvalue weighted by molar-refractivity contribution is -0.116. The summed E-state index contributed by atoms with van der Waals surface area (Å²) in [6.45, 7) is 1.78. The fourth-order valence-corrected chi connectivity index (χ4v) is 1.08. The van der Waals surface area contributed by atoms with E-state index in [9.17, 15) is 4.79 Å². The number of carbonyl (C=O) groups excluding carboxylic acids is 1. The maximum atomic E-state index is 11.3. The van der Waals surface area contributed by atoms with Gasteiger partial charge in [0.15, 0.2) is 0 Å². The molecule has 0 aromatic carbocycles. The van der Waals surface area contributed by atoms with Gasteiger partial charge in [-0.3, -0.25) is 4.79 Å². The normalized spacial score (nSPS) is 11.9. The number of hydrogen-bond donors (Lipinski definition) is 2. The highest BCUT2D eigenvalue weighted by Gasteiger charge is 2.05. The van der Waals surface area contributed by atoms with Crippen LogP contribution in [0.4, 0.5) is 5.69 Å². The zero-order chi connectivity index (χ0) is 11.3. The number of amides is 1. The minimum Gasteiger partial charge on any atom is -0.481 e. The molecule has 0 saturated carbocycles. The van der Waals surface area contributed by atoms with E-state index in [1.807, 2.05) is 0 Å². The number of nitrogens with zero attached hydrogens (tertiary/aromatic N) is 1. The molecule has 5 nitrogen and oxygen atoms in total. The van der Waals surface area contributed by atoms with Gasteiger partial charge >= 0.3 is 0 Å². The number of pyridine rings is 1. The Bertz CT molecular complexity index is 322. The first-order valence-corrected chi connectivity index (χ1v) is 4.67. The van der Waals surface area contributed by atoms with Crippen molar-refractivity contribution in [3.8, 4) is 5.88 Å². The largest absolute Gasteiger partial charge is 0.481 e. The molecule has 1 unspecified atom stereocenters. The number of methoxy groups -OCH3 is 1. The van der Waals surface area contributed by atoms with Crippen molar-refractivity contribution in [3.63, 3.8) is 0 Å². The molecule has 0 aliphatic carbocycles. The van der Waals surface area contributed by atoms with Gasteiger partial charge in [-0.15, -0.1) is 0 Å². The maximum absolute atomic E-state index is 11.3. The number of ether oxygens (including phenoxy) is 1. The first-order chi connectivity index (χ1) is 7.11. The third-order valence-corrected chi connectivity index (χ3v) is 1.74. The third-order valence-electron chi connectivity index (χ3n) is 1.74. The van der Waals surface area contributed by atoms with Crippen LogP contribution in [0.2, 0.25) is 0 Å². The van der Waals surface area contributed by atoms with Crippen LogP contribution in [0.3, 0.4) is 0 Å². The lowest BCUT2D eigenvalue weighted by Crippen LogP contribution is -2.23. The van der Waals surface area contributed by atoms with Gasteiger partial charge in [-0.25, -0.2) is 4.98 Å². The van der Waals surface area contributed by atoms with Crippen molar-refractivity contribution >= 4 is 11.6 Å². The molecule has 1 rings (SSSR count). The Balaban J connectivity index is 2.53. The van der Waals surface area contributed by atoms with E-state index in [0.717, 1.165) is 0 Å². The molecule has 0 bridgehead atoms. The van der Waals surface area contributed by atoms with E-state index in [1.165, 1.54) is 13.3 Å². The average Bonchev–Trinajstić information content (AvgIpc) is 2.17. The summed E-state index contributed by atoms with van der Waals surface area (Å²) >= 11 is 0. The van der Waals surface area contributed by atoms with Gasteiger partial charge < -0.3 is 15.8 Å². The molecule has 0 radical (unpaired) electrons. The summed E-state index contributed by atoms with van der Waals surface area (Å²) in [4.78, 5) is 15.3. The molecule has 0 saturated heterocycles. The van der Waals surface area contributed by atoms with E-state index in [0.29, 0.717) is 18.0 Å². The Morgan fingerprint density at radius 3 is 2.87 bits per heavy atom. The number of rotatable bonds is 4. The molecule has 0 aliphatic rings. The van der Waals surface area contributed by atoms with Crippen LogP contribution in [0, 0.1) is 0 Å². The van der Waals surface area contributed by atoms with Crippen LogP contribution in [0.15, 0.2) is 18.3 Å². The second kappa shape index (κ2) is 5.31. The number of nitrogens with one attached hydrogen (secondary N) is 1. The van der Waals surface area contributed by atoms with Crippen LogP contribution in [-0.2, 0) is 4.79 Å². The molecule has 1 heterocycles. The van der Waals surface area contributed by atoms with E-state index in [-0.39, 0.29) is 11.9 Å². The molecule has 15 heavy (non-hydrogen) atoms. The van der Waals surface area contributed by atoms with Crippen molar-refractivity contribution < 1.29 is 9.53 Å². The SMILES string of the molecule is COc1ccc(NC(=O)CC(C)N)cn1. The van der Waals surface area contributed by atoms with Crippen molar-refractivity contribution in [2.75, 3.05) is 12.4 Å². The van der Waals surface area contributed by atoms with E-state index in [4.69, 9.17) is 10.5 Å². The lowest BCUT2D eigenvalue weighted by Gasteiger charge is -2.07. The fourth-order valence-electron chi connectivity index (χ4n) is 1.08. The van der Waals surface area contributed by atoms with Gasteiger partial charge in [0, 0.05) is 18.5 Å². The Labute approximate surface area is 88.6 Å². The fraction of sp³-hybridized carbons (Fsp3) is 0.400. The van der Waals surface area contributed by atoms with E-state index in [1.54, 1.807) is 19.1 Å². The summed E-state index contributed by atoms with van der Waals surface area (Å²) in [5, 5.41) is 2.69. The van der Waals surface area contributed by atoms with Crippen molar-refractivity contribution in [1.29, 1.82) is 0 Å². The summed E-state index contributed by atoms with van der Waals surface area (Å²) in [5.74, 6) is 0.400. The molecular weight excluding hydrogens is 194 g/mol. The third kappa shape index (κ3) is 3.95. The van der Waals surface area contributed by atoms with Gasteiger partial charge in [0.1, 0.15) is 0 Å². The van der Waals surface area contributed by atoms with Crippen LogP contribution >= 0.6 is 0 Å². The Hall–Kier alpha value is -1.62. The second-order valence-electron chi connectivity index (χ2n) is 3.32. The van der Waals surface area contributed by atoms with E-state index in [2.05, 4.69) is 10.3 Å². The minimum atomic E-state index is -0.142. The highest BCUT2D eigenvalue weighted by atomic mass is 16.5. The molecule has 1 atom stereocenters. The van der Waals surface area contributed by atoms with Gasteiger partial charge in [-0.1, -0.05) is 0 Å². The monoisotopic (exact) mass is 209 g/mol. The predicted molar refractivity (Wildman–Crippen MR) is 57.7 cm³/mol. The van der Waals surface area contributed by atoms with Crippen LogP contribution in [0.1, 0.15) is 13.3 Å². The summed E-state index contributed by atoms with van der Waals surface area (Å²) in [5.41, 5.74) is 6.14. The molecule has 1 amide bonds. The topological polar surface area (TPSA) is 77.2 Å². The predicted octanol–water partition coefficient (Wildman–Crippen LogP) is 0.766. The smallest absolute Gasteiger partial charge is 0.225 e.